The normalized spacial score (nSPS) is 13.2. The van der Waals surface area contributed by atoms with Crippen LogP contribution in [0.2, 0.25) is 0 Å². The summed E-state index contributed by atoms with van der Waals surface area (Å²) in [6.07, 6.45) is 0. The Balaban J connectivity index is 1.70. The highest BCUT2D eigenvalue weighted by Crippen LogP contribution is 2.35. The largest absolute Gasteiger partial charge is 0.486 e. The Morgan fingerprint density at radius 2 is 1.85 bits per heavy atom. The minimum atomic E-state index is -0.0905. The van der Waals surface area contributed by atoms with Crippen LogP contribution in [0.1, 0.15) is 25.6 Å². The molecule has 2 heterocycles. The van der Waals surface area contributed by atoms with E-state index >= 15 is 0 Å². The minimum absolute atomic E-state index is 0.0905. The number of imidazole rings is 1. The second-order valence-electron chi connectivity index (χ2n) is 6.61. The molecule has 0 atom stereocenters. The minimum Gasteiger partial charge on any atom is -0.486 e. The first-order chi connectivity index (χ1) is 12.6. The monoisotopic (exact) mass is 351 g/mol. The average molecular weight is 351 g/mol. The quantitative estimate of drug-likeness (QED) is 0.780. The van der Waals surface area contributed by atoms with Gasteiger partial charge in [-0.3, -0.25) is 4.79 Å². The number of nitrogens with zero attached hydrogens (tertiary/aromatic N) is 2. The van der Waals surface area contributed by atoms with Gasteiger partial charge < -0.3 is 19.4 Å². The number of amides is 1. The summed E-state index contributed by atoms with van der Waals surface area (Å²) in [5, 5.41) is 2.93. The summed E-state index contributed by atoms with van der Waals surface area (Å²) in [5.41, 5.74) is 2.47. The molecule has 0 unspecified atom stereocenters. The molecule has 1 aromatic heterocycles. The molecule has 2 aromatic carbocycles. The van der Waals surface area contributed by atoms with Crippen LogP contribution in [0.3, 0.4) is 0 Å². The van der Waals surface area contributed by atoms with Crippen molar-refractivity contribution in [2.24, 2.45) is 0 Å². The lowest BCUT2D eigenvalue weighted by molar-refractivity contribution is -0.116. The molecule has 6 nitrogen and oxygen atoms in total. The molecular formula is C20H21N3O3. The van der Waals surface area contributed by atoms with E-state index in [0.717, 1.165) is 22.5 Å². The van der Waals surface area contributed by atoms with Crippen LogP contribution in [0.15, 0.2) is 42.5 Å². The number of para-hydroxylation sites is 1. The number of carbonyl (C=O) groups is 1. The van der Waals surface area contributed by atoms with Crippen molar-refractivity contribution in [3.63, 3.8) is 0 Å². The Hall–Kier alpha value is -3.02. The summed E-state index contributed by atoms with van der Waals surface area (Å²) >= 11 is 0. The summed E-state index contributed by atoms with van der Waals surface area (Å²) in [6, 6.07) is 13.3. The van der Waals surface area contributed by atoms with Crippen LogP contribution in [-0.4, -0.2) is 28.7 Å². The number of anilines is 1. The molecule has 0 bridgehead atoms. The summed E-state index contributed by atoms with van der Waals surface area (Å²) < 4.78 is 13.3. The number of aromatic nitrogens is 2. The van der Waals surface area contributed by atoms with Crippen molar-refractivity contribution in [1.82, 2.24) is 9.55 Å². The maximum absolute atomic E-state index is 12.6. The zero-order valence-electron chi connectivity index (χ0n) is 14.9. The molecule has 4 rings (SSSR count). The summed E-state index contributed by atoms with van der Waals surface area (Å²) in [6.45, 7) is 5.39. The fourth-order valence-corrected chi connectivity index (χ4v) is 3.15. The Labute approximate surface area is 151 Å². The lowest BCUT2D eigenvalue weighted by atomic mass is 10.2. The van der Waals surface area contributed by atoms with Crippen molar-refractivity contribution in [3.05, 3.63) is 48.3 Å². The zero-order chi connectivity index (χ0) is 18.1. The van der Waals surface area contributed by atoms with E-state index in [1.807, 2.05) is 47.0 Å². The predicted octanol–water partition coefficient (Wildman–Crippen LogP) is 3.57. The molecule has 26 heavy (non-hydrogen) atoms. The third-order valence-corrected chi connectivity index (χ3v) is 4.32. The van der Waals surface area contributed by atoms with Gasteiger partial charge in [-0.1, -0.05) is 32.0 Å². The Kier molecular flexibility index (Phi) is 4.24. The molecule has 3 aromatic rings. The van der Waals surface area contributed by atoms with Crippen molar-refractivity contribution < 1.29 is 14.3 Å². The first kappa shape index (κ1) is 16.4. The van der Waals surface area contributed by atoms with Crippen molar-refractivity contribution in [1.29, 1.82) is 0 Å². The second-order valence-corrected chi connectivity index (χ2v) is 6.61. The molecule has 0 saturated carbocycles. The maximum atomic E-state index is 12.6. The molecule has 1 N–H and O–H groups in total. The summed E-state index contributed by atoms with van der Waals surface area (Å²) in [5.74, 6) is 2.37. The Morgan fingerprint density at radius 1 is 1.15 bits per heavy atom. The number of benzene rings is 2. The molecular weight excluding hydrogens is 330 g/mol. The smallest absolute Gasteiger partial charge is 0.244 e. The molecule has 1 aliphatic heterocycles. The van der Waals surface area contributed by atoms with Crippen LogP contribution in [0, 0.1) is 0 Å². The molecule has 1 amide bonds. The van der Waals surface area contributed by atoms with E-state index in [9.17, 15) is 4.79 Å². The molecule has 0 aliphatic carbocycles. The Morgan fingerprint density at radius 3 is 2.54 bits per heavy atom. The van der Waals surface area contributed by atoms with Gasteiger partial charge in [-0.25, -0.2) is 4.98 Å². The van der Waals surface area contributed by atoms with E-state index in [2.05, 4.69) is 19.2 Å². The third-order valence-electron chi connectivity index (χ3n) is 4.32. The number of ether oxygens (including phenoxy) is 2. The van der Waals surface area contributed by atoms with E-state index in [0.29, 0.717) is 24.7 Å². The molecule has 0 fully saturated rings. The zero-order valence-corrected chi connectivity index (χ0v) is 14.9. The lowest BCUT2D eigenvalue weighted by Gasteiger charge is -2.18. The van der Waals surface area contributed by atoms with Crippen LogP contribution in [0.5, 0.6) is 11.5 Å². The fourth-order valence-electron chi connectivity index (χ4n) is 3.15. The molecule has 1 aliphatic rings. The van der Waals surface area contributed by atoms with Gasteiger partial charge in [0.25, 0.3) is 0 Å². The highest BCUT2D eigenvalue weighted by Gasteiger charge is 2.20. The van der Waals surface area contributed by atoms with Crippen molar-refractivity contribution >= 4 is 22.6 Å². The fraction of sp³-hybridized carbons (Fsp3) is 0.300. The van der Waals surface area contributed by atoms with Crippen LogP contribution in [0.25, 0.3) is 11.0 Å². The van der Waals surface area contributed by atoms with Gasteiger partial charge in [0.15, 0.2) is 11.5 Å². The summed E-state index contributed by atoms with van der Waals surface area (Å²) in [7, 11) is 0. The van der Waals surface area contributed by atoms with Crippen LogP contribution in [-0.2, 0) is 11.3 Å². The van der Waals surface area contributed by atoms with Crippen molar-refractivity contribution in [2.75, 3.05) is 18.5 Å². The SMILES string of the molecule is CC(C)c1nc2cc3c(cc2n1CC(=O)Nc1ccccc1)OCCO3. The van der Waals surface area contributed by atoms with Crippen LogP contribution >= 0.6 is 0 Å². The maximum Gasteiger partial charge on any atom is 0.244 e. The Bertz CT molecular complexity index is 948. The number of nitrogens with one attached hydrogen (secondary N) is 1. The van der Waals surface area contributed by atoms with E-state index in [1.54, 1.807) is 0 Å². The van der Waals surface area contributed by atoms with Gasteiger partial charge >= 0.3 is 0 Å². The highest BCUT2D eigenvalue weighted by molar-refractivity contribution is 5.92. The van der Waals surface area contributed by atoms with E-state index in [1.165, 1.54) is 0 Å². The second kappa shape index (κ2) is 6.71. The molecule has 6 heteroatoms. The third kappa shape index (κ3) is 3.10. The molecule has 0 spiro atoms. The van der Waals surface area contributed by atoms with Gasteiger partial charge in [-0.2, -0.15) is 0 Å². The average Bonchev–Trinajstić information content (AvgIpc) is 2.98. The highest BCUT2D eigenvalue weighted by atomic mass is 16.6. The number of hydrogen-bond acceptors (Lipinski definition) is 4. The number of fused-ring (bicyclic) bond motifs is 2. The topological polar surface area (TPSA) is 65.4 Å². The number of hydrogen-bond donors (Lipinski definition) is 1. The lowest BCUT2D eigenvalue weighted by Crippen LogP contribution is -2.20. The van der Waals surface area contributed by atoms with E-state index in [4.69, 9.17) is 14.5 Å². The first-order valence-corrected chi connectivity index (χ1v) is 8.76. The molecule has 134 valence electrons. The predicted molar refractivity (Wildman–Crippen MR) is 99.9 cm³/mol. The number of carbonyl (C=O) groups excluding carboxylic acids is 1. The molecule has 0 radical (unpaired) electrons. The van der Waals surface area contributed by atoms with Gasteiger partial charge in [-0.05, 0) is 12.1 Å². The van der Waals surface area contributed by atoms with Crippen molar-refractivity contribution in [2.45, 2.75) is 26.3 Å². The van der Waals surface area contributed by atoms with Gasteiger partial charge in [0.2, 0.25) is 5.91 Å². The van der Waals surface area contributed by atoms with Crippen molar-refractivity contribution in [3.8, 4) is 11.5 Å². The van der Waals surface area contributed by atoms with Gasteiger partial charge in [0, 0.05) is 23.7 Å². The van der Waals surface area contributed by atoms with E-state index < -0.39 is 0 Å². The van der Waals surface area contributed by atoms with Gasteiger partial charge in [0.1, 0.15) is 25.6 Å². The standard InChI is InChI=1S/C20H21N3O3/c1-13(2)20-22-15-10-17-18(26-9-8-25-17)11-16(15)23(20)12-19(24)21-14-6-4-3-5-7-14/h3-7,10-11,13H,8-9,12H2,1-2H3,(H,21,24). The molecule has 0 saturated heterocycles. The van der Waals surface area contributed by atoms with Crippen LogP contribution in [0.4, 0.5) is 5.69 Å². The summed E-state index contributed by atoms with van der Waals surface area (Å²) in [4.78, 5) is 17.3. The van der Waals surface area contributed by atoms with E-state index in [-0.39, 0.29) is 18.4 Å². The first-order valence-electron chi connectivity index (χ1n) is 8.76. The van der Waals surface area contributed by atoms with Gasteiger partial charge in [-0.15, -0.1) is 0 Å². The number of rotatable bonds is 4. The van der Waals surface area contributed by atoms with Crippen LogP contribution < -0.4 is 14.8 Å². The van der Waals surface area contributed by atoms with Gasteiger partial charge in [0.05, 0.1) is 11.0 Å².